The number of piperidine rings is 1. The van der Waals surface area contributed by atoms with Crippen molar-refractivity contribution in [1.82, 2.24) is 20.0 Å². The van der Waals surface area contributed by atoms with Gasteiger partial charge in [-0.05, 0) is 19.8 Å². The lowest BCUT2D eigenvalue weighted by Gasteiger charge is -2.31. The standard InChI is InChI=1S/C20H34N4O6/c1-2-30-20(26)18-15-22-24(16-18)19-3-6-23(7-4-19)8-10-28-12-14-29-13-11-27-9-5-21-17-25/h15-17,19H,2-14H2,1H3,(H,21,25). The SMILES string of the molecule is CCOC(=O)c1cnn(C2CCN(CCOCCOCCOCCNC=O)CC2)c1. The number of carbonyl (C=O) groups is 2. The number of rotatable bonds is 16. The Hall–Kier alpha value is -2.01. The summed E-state index contributed by atoms with van der Waals surface area (Å²) in [6, 6.07) is 0.315. The lowest BCUT2D eigenvalue weighted by Crippen LogP contribution is -2.37. The number of likely N-dealkylation sites (tertiary alicyclic amines) is 1. The molecule has 1 N–H and O–H groups in total. The van der Waals surface area contributed by atoms with E-state index < -0.39 is 0 Å². The molecule has 0 aromatic carbocycles. The van der Waals surface area contributed by atoms with E-state index in [0.717, 1.165) is 32.5 Å². The van der Waals surface area contributed by atoms with E-state index in [1.165, 1.54) is 0 Å². The number of carbonyl (C=O) groups excluding carboxylic acids is 2. The second-order valence-electron chi connectivity index (χ2n) is 6.91. The molecule has 10 nitrogen and oxygen atoms in total. The third-order valence-corrected chi connectivity index (χ3v) is 4.81. The van der Waals surface area contributed by atoms with E-state index >= 15 is 0 Å². The normalized spacial score (nSPS) is 15.2. The molecule has 0 radical (unpaired) electrons. The summed E-state index contributed by atoms with van der Waals surface area (Å²) in [4.78, 5) is 24.2. The Morgan fingerprint density at radius 3 is 2.47 bits per heavy atom. The molecule has 0 aliphatic carbocycles. The zero-order chi connectivity index (χ0) is 21.4. The van der Waals surface area contributed by atoms with Crippen LogP contribution >= 0.6 is 0 Å². The molecule has 1 aromatic heterocycles. The fraction of sp³-hybridized carbons (Fsp3) is 0.750. The molecule has 1 amide bonds. The van der Waals surface area contributed by atoms with Crippen molar-refractivity contribution in [3.63, 3.8) is 0 Å². The molecule has 0 bridgehead atoms. The molecular weight excluding hydrogens is 392 g/mol. The number of nitrogens with one attached hydrogen (secondary N) is 1. The fourth-order valence-electron chi connectivity index (χ4n) is 3.19. The summed E-state index contributed by atoms with van der Waals surface area (Å²) in [7, 11) is 0. The summed E-state index contributed by atoms with van der Waals surface area (Å²) < 4.78 is 23.3. The van der Waals surface area contributed by atoms with Crippen LogP contribution in [0.25, 0.3) is 0 Å². The van der Waals surface area contributed by atoms with Crippen LogP contribution in [-0.2, 0) is 23.7 Å². The van der Waals surface area contributed by atoms with Gasteiger partial charge in [0.2, 0.25) is 6.41 Å². The van der Waals surface area contributed by atoms with E-state index in [2.05, 4.69) is 15.3 Å². The van der Waals surface area contributed by atoms with E-state index in [9.17, 15) is 9.59 Å². The second-order valence-corrected chi connectivity index (χ2v) is 6.91. The number of hydrogen-bond donors (Lipinski definition) is 1. The molecule has 30 heavy (non-hydrogen) atoms. The van der Waals surface area contributed by atoms with Crippen LogP contribution in [0.15, 0.2) is 12.4 Å². The van der Waals surface area contributed by atoms with Crippen molar-refractivity contribution in [2.75, 3.05) is 72.4 Å². The predicted molar refractivity (Wildman–Crippen MR) is 109 cm³/mol. The summed E-state index contributed by atoms with van der Waals surface area (Å²) >= 11 is 0. The van der Waals surface area contributed by atoms with Crippen molar-refractivity contribution in [1.29, 1.82) is 0 Å². The van der Waals surface area contributed by atoms with E-state index in [4.69, 9.17) is 18.9 Å². The molecule has 2 heterocycles. The summed E-state index contributed by atoms with van der Waals surface area (Å²) in [5.41, 5.74) is 0.511. The Morgan fingerprint density at radius 1 is 1.13 bits per heavy atom. The molecule has 0 saturated carbocycles. The Balaban J connectivity index is 1.46. The summed E-state index contributed by atoms with van der Waals surface area (Å²) in [6.45, 7) is 8.83. The first-order valence-electron chi connectivity index (χ1n) is 10.6. The molecular formula is C20H34N4O6. The van der Waals surface area contributed by atoms with Crippen LogP contribution in [0.5, 0.6) is 0 Å². The number of nitrogens with zero attached hydrogens (tertiary/aromatic N) is 3. The second kappa shape index (κ2) is 14.9. The minimum atomic E-state index is -0.318. The maximum atomic E-state index is 11.8. The largest absolute Gasteiger partial charge is 0.462 e. The number of amides is 1. The molecule has 1 aliphatic heterocycles. The highest BCUT2D eigenvalue weighted by molar-refractivity contribution is 5.88. The van der Waals surface area contributed by atoms with Gasteiger partial charge >= 0.3 is 5.97 Å². The summed E-state index contributed by atoms with van der Waals surface area (Å²) in [5.74, 6) is -0.318. The first-order valence-corrected chi connectivity index (χ1v) is 10.6. The van der Waals surface area contributed by atoms with Gasteiger partial charge in [-0.3, -0.25) is 9.48 Å². The molecule has 1 aromatic rings. The molecule has 1 aliphatic rings. The predicted octanol–water partition coefficient (Wildman–Crippen LogP) is 0.493. The highest BCUT2D eigenvalue weighted by Gasteiger charge is 2.22. The molecule has 2 rings (SSSR count). The summed E-state index contributed by atoms with van der Waals surface area (Å²) in [6.07, 6.45) is 6.01. The van der Waals surface area contributed by atoms with Gasteiger partial charge < -0.3 is 29.2 Å². The first kappa shape index (κ1) is 24.3. The Labute approximate surface area is 177 Å². The molecule has 1 fully saturated rings. The van der Waals surface area contributed by atoms with Crippen LogP contribution in [0.2, 0.25) is 0 Å². The lowest BCUT2D eigenvalue weighted by molar-refractivity contribution is -0.109. The van der Waals surface area contributed by atoms with Gasteiger partial charge in [0, 0.05) is 32.4 Å². The number of ether oxygens (including phenoxy) is 4. The zero-order valence-electron chi connectivity index (χ0n) is 17.8. The topological polar surface area (TPSA) is 104 Å². The van der Waals surface area contributed by atoms with Gasteiger partial charge in [-0.2, -0.15) is 5.10 Å². The highest BCUT2D eigenvalue weighted by Crippen LogP contribution is 2.22. The Morgan fingerprint density at radius 2 is 1.80 bits per heavy atom. The van der Waals surface area contributed by atoms with Crippen LogP contribution < -0.4 is 5.32 Å². The van der Waals surface area contributed by atoms with Crippen molar-refractivity contribution in [2.45, 2.75) is 25.8 Å². The van der Waals surface area contributed by atoms with Crippen molar-refractivity contribution in [2.24, 2.45) is 0 Å². The van der Waals surface area contributed by atoms with Gasteiger partial charge in [-0.1, -0.05) is 0 Å². The molecule has 1 saturated heterocycles. The Kier molecular flexibility index (Phi) is 12.0. The lowest BCUT2D eigenvalue weighted by atomic mass is 10.1. The quantitative estimate of drug-likeness (QED) is 0.231. The third-order valence-electron chi connectivity index (χ3n) is 4.81. The number of esters is 1. The average Bonchev–Trinajstić information content (AvgIpc) is 3.26. The van der Waals surface area contributed by atoms with Crippen LogP contribution in [0.1, 0.15) is 36.2 Å². The highest BCUT2D eigenvalue weighted by atomic mass is 16.5. The minimum Gasteiger partial charge on any atom is -0.462 e. The molecule has 0 unspecified atom stereocenters. The molecule has 0 spiro atoms. The van der Waals surface area contributed by atoms with Crippen molar-refractivity contribution in [3.05, 3.63) is 18.0 Å². The number of aromatic nitrogens is 2. The van der Waals surface area contributed by atoms with E-state index in [1.807, 2.05) is 4.68 Å². The van der Waals surface area contributed by atoms with Crippen LogP contribution in [-0.4, -0.2) is 99.5 Å². The molecule has 10 heteroatoms. The van der Waals surface area contributed by atoms with E-state index in [-0.39, 0.29) is 5.97 Å². The van der Waals surface area contributed by atoms with Gasteiger partial charge in [0.1, 0.15) is 0 Å². The first-order chi connectivity index (χ1) is 14.7. The van der Waals surface area contributed by atoms with Gasteiger partial charge in [-0.15, -0.1) is 0 Å². The van der Waals surface area contributed by atoms with Gasteiger partial charge in [0.05, 0.1) is 64.1 Å². The van der Waals surface area contributed by atoms with E-state index in [1.54, 1.807) is 19.3 Å². The third kappa shape index (κ3) is 9.21. The Bertz CT molecular complexity index is 604. The van der Waals surface area contributed by atoms with Crippen molar-refractivity contribution < 1.29 is 28.5 Å². The van der Waals surface area contributed by atoms with Crippen molar-refractivity contribution >= 4 is 12.4 Å². The maximum Gasteiger partial charge on any atom is 0.341 e. The summed E-state index contributed by atoms with van der Waals surface area (Å²) in [5, 5.41) is 6.87. The van der Waals surface area contributed by atoms with E-state index in [0.29, 0.717) is 70.8 Å². The van der Waals surface area contributed by atoms with Crippen molar-refractivity contribution in [3.8, 4) is 0 Å². The van der Waals surface area contributed by atoms with Gasteiger partial charge in [0.15, 0.2) is 0 Å². The van der Waals surface area contributed by atoms with Crippen LogP contribution in [0, 0.1) is 0 Å². The van der Waals surface area contributed by atoms with Crippen LogP contribution in [0.3, 0.4) is 0 Å². The monoisotopic (exact) mass is 426 g/mol. The number of hydrogen-bond acceptors (Lipinski definition) is 8. The average molecular weight is 427 g/mol. The maximum absolute atomic E-state index is 11.8. The fourth-order valence-corrected chi connectivity index (χ4v) is 3.19. The minimum absolute atomic E-state index is 0.315. The van der Waals surface area contributed by atoms with Gasteiger partial charge in [0.25, 0.3) is 0 Å². The molecule has 170 valence electrons. The molecule has 0 atom stereocenters. The smallest absolute Gasteiger partial charge is 0.341 e. The van der Waals surface area contributed by atoms with Gasteiger partial charge in [-0.25, -0.2) is 4.79 Å². The zero-order valence-corrected chi connectivity index (χ0v) is 17.8. The van der Waals surface area contributed by atoms with Crippen LogP contribution in [0.4, 0.5) is 0 Å².